The second-order valence-electron chi connectivity index (χ2n) is 6.41. The Morgan fingerprint density at radius 2 is 0.857 bits per heavy atom. The van der Waals surface area contributed by atoms with Crippen LogP contribution in [0.4, 0.5) is 0 Å². The molecule has 0 rings (SSSR count). The molecular weight excluding hydrogens is 256 g/mol. The lowest BCUT2D eigenvalue weighted by atomic mass is 10.0. The summed E-state index contributed by atoms with van der Waals surface area (Å²) in [5.41, 5.74) is 0. The van der Waals surface area contributed by atoms with Crippen LogP contribution in [0.15, 0.2) is 0 Å². The van der Waals surface area contributed by atoms with Crippen LogP contribution in [0.1, 0.15) is 117 Å². The molecule has 1 heteroatoms. The number of hydrogen-bond acceptors (Lipinski definition) is 1. The molecule has 0 aliphatic carbocycles. The highest BCUT2D eigenvalue weighted by molar-refractivity contribution is 4.50. The molecule has 21 heavy (non-hydrogen) atoms. The molecule has 0 heterocycles. The lowest BCUT2D eigenvalue weighted by molar-refractivity contribution is 0.197. The fourth-order valence-corrected chi connectivity index (χ4v) is 2.85. The van der Waals surface area contributed by atoms with E-state index in [1.54, 1.807) is 6.61 Å². The van der Waals surface area contributed by atoms with Gasteiger partial charge in [-0.2, -0.15) is 0 Å². The van der Waals surface area contributed by atoms with Crippen LogP contribution in [-0.4, -0.2) is 6.61 Å². The second kappa shape index (κ2) is 20.0. The highest BCUT2D eigenvalue weighted by atomic mass is 16.5. The Morgan fingerprint density at radius 1 is 0.524 bits per heavy atom. The van der Waals surface area contributed by atoms with Crippen LogP contribution < -0.4 is 0 Å². The molecule has 0 amide bonds. The van der Waals surface area contributed by atoms with Crippen LogP contribution in [0.3, 0.4) is 0 Å². The summed E-state index contributed by atoms with van der Waals surface area (Å²) in [5, 5.41) is 0. The molecule has 0 saturated heterocycles. The van der Waals surface area contributed by atoms with Gasteiger partial charge in [-0.1, -0.05) is 103 Å². The van der Waals surface area contributed by atoms with Crippen LogP contribution in [0.25, 0.3) is 0 Å². The zero-order valence-corrected chi connectivity index (χ0v) is 15.0. The van der Waals surface area contributed by atoms with Crippen molar-refractivity contribution in [1.29, 1.82) is 0 Å². The topological polar surface area (TPSA) is 9.23 Å². The summed E-state index contributed by atoms with van der Waals surface area (Å²) < 4.78 is 5.23. The SMILES string of the molecule is C[CH]OCCCCCCCCCCCCCCCCCC. The third-order valence-corrected chi connectivity index (χ3v) is 4.28. The minimum atomic E-state index is 0.912. The predicted octanol–water partition coefficient (Wildman–Crippen LogP) is 7.45. The van der Waals surface area contributed by atoms with Crippen molar-refractivity contribution in [3.8, 4) is 0 Å². The van der Waals surface area contributed by atoms with E-state index in [1.807, 2.05) is 6.92 Å². The second-order valence-corrected chi connectivity index (χ2v) is 6.41. The van der Waals surface area contributed by atoms with Gasteiger partial charge in [0.15, 0.2) is 0 Å². The molecule has 0 atom stereocenters. The lowest BCUT2D eigenvalue weighted by Gasteiger charge is -2.03. The molecule has 0 fully saturated rings. The summed E-state index contributed by atoms with van der Waals surface area (Å²) >= 11 is 0. The van der Waals surface area contributed by atoms with Crippen molar-refractivity contribution in [2.75, 3.05) is 6.61 Å². The molecule has 1 nitrogen and oxygen atoms in total. The third-order valence-electron chi connectivity index (χ3n) is 4.28. The average Bonchev–Trinajstić information content (AvgIpc) is 2.50. The predicted molar refractivity (Wildman–Crippen MR) is 95.5 cm³/mol. The summed E-state index contributed by atoms with van der Waals surface area (Å²) in [4.78, 5) is 0. The molecule has 0 aromatic carbocycles. The number of hydrogen-bond donors (Lipinski definition) is 0. The Balaban J connectivity index is 2.90. The van der Waals surface area contributed by atoms with E-state index in [4.69, 9.17) is 4.74 Å². The summed E-state index contributed by atoms with van der Waals surface area (Å²) in [6.07, 6.45) is 22.8. The first-order valence-electron chi connectivity index (χ1n) is 9.81. The smallest absolute Gasteiger partial charge is 0.0805 e. The normalized spacial score (nSPS) is 11.1. The fourth-order valence-electron chi connectivity index (χ4n) is 2.85. The minimum absolute atomic E-state index is 0.912. The molecule has 0 N–H and O–H groups in total. The van der Waals surface area contributed by atoms with Crippen LogP contribution in [0, 0.1) is 6.61 Å². The summed E-state index contributed by atoms with van der Waals surface area (Å²) in [5.74, 6) is 0. The molecule has 0 bridgehead atoms. The lowest BCUT2D eigenvalue weighted by Crippen LogP contribution is -1.89. The first-order chi connectivity index (χ1) is 10.4. The minimum Gasteiger partial charge on any atom is -0.376 e. The van der Waals surface area contributed by atoms with Gasteiger partial charge in [0.2, 0.25) is 0 Å². The Labute approximate surface area is 135 Å². The van der Waals surface area contributed by atoms with E-state index in [-0.39, 0.29) is 0 Å². The maximum Gasteiger partial charge on any atom is 0.0805 e. The average molecular weight is 298 g/mol. The van der Waals surface area contributed by atoms with Crippen molar-refractivity contribution in [2.24, 2.45) is 0 Å². The summed E-state index contributed by atoms with van der Waals surface area (Å²) in [7, 11) is 0. The highest BCUT2D eigenvalue weighted by Crippen LogP contribution is 2.13. The zero-order valence-electron chi connectivity index (χ0n) is 15.0. The van der Waals surface area contributed by atoms with Gasteiger partial charge >= 0.3 is 0 Å². The molecule has 0 aliphatic heterocycles. The molecule has 0 unspecified atom stereocenters. The van der Waals surface area contributed by atoms with Gasteiger partial charge < -0.3 is 4.74 Å². The number of unbranched alkanes of at least 4 members (excludes halogenated alkanes) is 15. The first kappa shape index (κ1) is 21.0. The van der Waals surface area contributed by atoms with Crippen LogP contribution in [-0.2, 0) is 4.74 Å². The Hall–Kier alpha value is -0.0400. The third kappa shape index (κ3) is 20.0. The molecule has 127 valence electrons. The van der Waals surface area contributed by atoms with Crippen molar-refractivity contribution in [2.45, 2.75) is 117 Å². The van der Waals surface area contributed by atoms with Crippen molar-refractivity contribution < 1.29 is 4.74 Å². The molecule has 1 radical (unpaired) electrons. The largest absolute Gasteiger partial charge is 0.376 e. The molecular formula is C20H41O. The van der Waals surface area contributed by atoms with Crippen LogP contribution in [0.2, 0.25) is 0 Å². The Morgan fingerprint density at radius 3 is 1.19 bits per heavy atom. The molecule has 0 saturated carbocycles. The van der Waals surface area contributed by atoms with E-state index < -0.39 is 0 Å². The van der Waals surface area contributed by atoms with Gasteiger partial charge in [-0.3, -0.25) is 0 Å². The van der Waals surface area contributed by atoms with Gasteiger partial charge in [-0.15, -0.1) is 0 Å². The van der Waals surface area contributed by atoms with Gasteiger partial charge in [-0.25, -0.2) is 0 Å². The van der Waals surface area contributed by atoms with Gasteiger partial charge in [-0.05, 0) is 13.3 Å². The Bertz CT molecular complexity index is 149. The quantitative estimate of drug-likeness (QED) is 0.239. The van der Waals surface area contributed by atoms with Crippen molar-refractivity contribution >= 4 is 0 Å². The van der Waals surface area contributed by atoms with Crippen molar-refractivity contribution in [3.63, 3.8) is 0 Å². The summed E-state index contributed by atoms with van der Waals surface area (Å²) in [6.45, 7) is 6.95. The van der Waals surface area contributed by atoms with Gasteiger partial charge in [0.25, 0.3) is 0 Å². The van der Waals surface area contributed by atoms with E-state index in [0.717, 1.165) is 6.61 Å². The standard InChI is InChI=1S/C20H41O/c1-3-5-6-7-8-9-10-11-12-13-14-15-16-17-18-19-20-21-4-2/h4H,3,5-20H2,1-2H3. The maximum absolute atomic E-state index is 5.23. The van der Waals surface area contributed by atoms with Crippen LogP contribution >= 0.6 is 0 Å². The van der Waals surface area contributed by atoms with E-state index in [9.17, 15) is 0 Å². The summed E-state index contributed by atoms with van der Waals surface area (Å²) in [6, 6.07) is 0. The number of rotatable bonds is 18. The first-order valence-corrected chi connectivity index (χ1v) is 9.81. The zero-order chi connectivity index (χ0) is 15.4. The Kier molecular flexibility index (Phi) is 19.9. The monoisotopic (exact) mass is 297 g/mol. The van der Waals surface area contributed by atoms with Gasteiger partial charge in [0, 0.05) is 6.61 Å². The maximum atomic E-state index is 5.23. The van der Waals surface area contributed by atoms with Crippen molar-refractivity contribution in [3.05, 3.63) is 6.61 Å². The molecule has 0 spiro atoms. The fraction of sp³-hybridized carbons (Fsp3) is 0.950. The van der Waals surface area contributed by atoms with Gasteiger partial charge in [0.05, 0.1) is 6.61 Å². The van der Waals surface area contributed by atoms with E-state index in [1.165, 1.54) is 103 Å². The molecule has 0 aromatic rings. The van der Waals surface area contributed by atoms with E-state index in [0.29, 0.717) is 0 Å². The van der Waals surface area contributed by atoms with E-state index in [2.05, 4.69) is 6.92 Å². The van der Waals surface area contributed by atoms with Gasteiger partial charge in [0.1, 0.15) is 0 Å². The highest BCUT2D eigenvalue weighted by Gasteiger charge is 1.94. The molecule has 0 aliphatic rings. The molecule has 0 aromatic heterocycles. The van der Waals surface area contributed by atoms with Crippen molar-refractivity contribution in [1.82, 2.24) is 0 Å². The number of ether oxygens (including phenoxy) is 1. The van der Waals surface area contributed by atoms with Crippen LogP contribution in [0.5, 0.6) is 0 Å². The van der Waals surface area contributed by atoms with E-state index >= 15 is 0 Å².